The van der Waals surface area contributed by atoms with Crippen molar-refractivity contribution in [2.24, 2.45) is 0 Å². The van der Waals surface area contributed by atoms with Crippen LogP contribution >= 0.6 is 0 Å². The van der Waals surface area contributed by atoms with Crippen molar-refractivity contribution in [3.05, 3.63) is 118 Å². The van der Waals surface area contributed by atoms with E-state index in [2.05, 4.69) is 5.32 Å². The number of alkyl halides is 3. The van der Waals surface area contributed by atoms with Gasteiger partial charge in [0, 0.05) is 29.4 Å². The Labute approximate surface area is 238 Å². The molecule has 4 aromatic rings. The van der Waals surface area contributed by atoms with Gasteiger partial charge in [-0.2, -0.15) is 13.2 Å². The largest absolute Gasteiger partial charge is 0.491 e. The molecule has 0 bridgehead atoms. The lowest BCUT2D eigenvalue weighted by Gasteiger charge is -2.23. The molecule has 0 aliphatic carbocycles. The number of nitrogens with one attached hydrogen (secondary N) is 1. The van der Waals surface area contributed by atoms with E-state index in [1.807, 2.05) is 30.3 Å². The summed E-state index contributed by atoms with van der Waals surface area (Å²) < 4.78 is 57.2. The van der Waals surface area contributed by atoms with E-state index in [4.69, 9.17) is 14.2 Å². The lowest BCUT2D eigenvalue weighted by molar-refractivity contribution is -0.138. The first kappa shape index (κ1) is 25.9. The lowest BCUT2D eigenvalue weighted by Crippen LogP contribution is -2.42. The van der Waals surface area contributed by atoms with E-state index >= 15 is 0 Å². The Balaban J connectivity index is 1.15. The third kappa shape index (κ3) is 4.05. The molecule has 212 valence electrons. The van der Waals surface area contributed by atoms with Crippen LogP contribution in [-0.2, 0) is 29.5 Å². The zero-order chi connectivity index (χ0) is 29.1. The van der Waals surface area contributed by atoms with Gasteiger partial charge in [0.25, 0.3) is 5.91 Å². The van der Waals surface area contributed by atoms with E-state index in [0.29, 0.717) is 28.4 Å². The topological polar surface area (TPSA) is 77.1 Å². The summed E-state index contributed by atoms with van der Waals surface area (Å²) in [5, 5.41) is 2.59. The molecule has 3 aliphatic heterocycles. The van der Waals surface area contributed by atoms with Gasteiger partial charge in [-0.3, -0.25) is 9.59 Å². The molecule has 1 atom stereocenters. The Hall–Kier alpha value is -4.99. The Morgan fingerprint density at radius 2 is 1.62 bits per heavy atom. The second-order valence-corrected chi connectivity index (χ2v) is 10.3. The number of para-hydroxylation sites is 1. The standard InChI is InChI=1S/C32H23F3N2O5/c33-32(34,35)22-9-2-1-7-21(22)15-36-29(38)20-8-5-6-19(12-20)16-37-25-11-4-3-10-23(25)31(30(37)39)17-40-26-14-28-27(13-24(26)31)41-18-42-28/h1-14H,15-18H2,(H,36,38). The van der Waals surface area contributed by atoms with Crippen LogP contribution in [0.1, 0.15) is 38.2 Å². The zero-order valence-corrected chi connectivity index (χ0v) is 22.0. The minimum absolute atomic E-state index is 0.0271. The summed E-state index contributed by atoms with van der Waals surface area (Å²) in [5.41, 5.74) is 1.33. The summed E-state index contributed by atoms with van der Waals surface area (Å²) in [6.07, 6.45) is -4.52. The Kier molecular flexibility index (Phi) is 5.89. The summed E-state index contributed by atoms with van der Waals surface area (Å²) in [5.74, 6) is 1.000. The number of hydrogen-bond donors (Lipinski definition) is 1. The van der Waals surface area contributed by atoms with Crippen molar-refractivity contribution in [1.82, 2.24) is 5.32 Å². The van der Waals surface area contributed by atoms with Crippen LogP contribution in [0.15, 0.2) is 84.9 Å². The van der Waals surface area contributed by atoms with Gasteiger partial charge in [0.1, 0.15) is 17.8 Å². The number of nitrogens with zero attached hydrogens (tertiary/aromatic N) is 1. The highest BCUT2D eigenvalue weighted by molar-refractivity contribution is 6.11. The number of ether oxygens (including phenoxy) is 3. The van der Waals surface area contributed by atoms with E-state index in [-0.39, 0.29) is 43.5 Å². The molecule has 7 rings (SSSR count). The molecular weight excluding hydrogens is 549 g/mol. The first-order valence-corrected chi connectivity index (χ1v) is 13.3. The van der Waals surface area contributed by atoms with E-state index in [0.717, 1.165) is 17.3 Å². The van der Waals surface area contributed by atoms with E-state index in [1.54, 1.807) is 35.2 Å². The monoisotopic (exact) mass is 572 g/mol. The number of carbonyl (C=O) groups is 2. The number of amides is 2. The average Bonchev–Trinajstić information content (AvgIpc) is 3.67. The van der Waals surface area contributed by atoms with Crippen molar-refractivity contribution in [2.75, 3.05) is 18.3 Å². The van der Waals surface area contributed by atoms with Crippen LogP contribution in [0.5, 0.6) is 17.2 Å². The molecule has 1 N–H and O–H groups in total. The summed E-state index contributed by atoms with van der Waals surface area (Å²) in [7, 11) is 0. The molecule has 7 nitrogen and oxygen atoms in total. The quantitative estimate of drug-likeness (QED) is 0.338. The maximum absolute atomic E-state index is 14.2. The van der Waals surface area contributed by atoms with Gasteiger partial charge in [0.15, 0.2) is 11.5 Å². The van der Waals surface area contributed by atoms with E-state index in [9.17, 15) is 22.8 Å². The van der Waals surface area contributed by atoms with Crippen LogP contribution in [0.2, 0.25) is 0 Å². The Bertz CT molecular complexity index is 1750. The van der Waals surface area contributed by atoms with E-state index < -0.39 is 23.1 Å². The van der Waals surface area contributed by atoms with Crippen molar-refractivity contribution in [1.29, 1.82) is 0 Å². The Morgan fingerprint density at radius 3 is 2.45 bits per heavy atom. The molecule has 0 radical (unpaired) electrons. The molecule has 0 saturated carbocycles. The predicted octanol–water partition coefficient (Wildman–Crippen LogP) is 5.59. The summed E-state index contributed by atoms with van der Waals surface area (Å²) in [6, 6.07) is 22.9. The van der Waals surface area contributed by atoms with Crippen LogP contribution < -0.4 is 24.4 Å². The first-order chi connectivity index (χ1) is 20.3. The maximum Gasteiger partial charge on any atom is 0.416 e. The van der Waals surface area contributed by atoms with Gasteiger partial charge in [-0.15, -0.1) is 0 Å². The molecule has 2 amide bonds. The molecule has 1 unspecified atom stereocenters. The molecule has 0 saturated heterocycles. The van der Waals surface area contributed by atoms with Crippen LogP contribution in [0.4, 0.5) is 18.9 Å². The van der Waals surface area contributed by atoms with Gasteiger partial charge >= 0.3 is 6.18 Å². The van der Waals surface area contributed by atoms with Gasteiger partial charge < -0.3 is 24.4 Å². The molecule has 3 aliphatic rings. The van der Waals surface area contributed by atoms with Crippen molar-refractivity contribution in [3.8, 4) is 17.2 Å². The molecule has 10 heteroatoms. The number of rotatable bonds is 5. The van der Waals surface area contributed by atoms with Crippen LogP contribution in [0, 0.1) is 0 Å². The number of halogens is 3. The van der Waals surface area contributed by atoms with Crippen LogP contribution in [0.25, 0.3) is 0 Å². The molecule has 0 aromatic heterocycles. The van der Waals surface area contributed by atoms with Crippen LogP contribution in [-0.4, -0.2) is 25.2 Å². The molecule has 4 aromatic carbocycles. The number of benzene rings is 4. The summed E-state index contributed by atoms with van der Waals surface area (Å²) >= 11 is 0. The van der Waals surface area contributed by atoms with Crippen LogP contribution in [0.3, 0.4) is 0 Å². The Morgan fingerprint density at radius 1 is 0.857 bits per heavy atom. The SMILES string of the molecule is O=C(NCc1ccccc1C(F)(F)F)c1cccc(CN2C(=O)C3(COc4cc5c(cc43)OCO5)c3ccccc32)c1. The third-order valence-corrected chi connectivity index (χ3v) is 7.94. The number of anilines is 1. The van der Waals surface area contributed by atoms with Gasteiger partial charge in [-0.05, 0) is 47.0 Å². The highest BCUT2D eigenvalue weighted by Crippen LogP contribution is 2.55. The van der Waals surface area contributed by atoms with Crippen molar-refractivity contribution in [3.63, 3.8) is 0 Å². The lowest BCUT2D eigenvalue weighted by atomic mass is 9.77. The normalized spacial score (nSPS) is 18.2. The first-order valence-electron chi connectivity index (χ1n) is 13.3. The molecule has 0 fully saturated rings. The smallest absolute Gasteiger partial charge is 0.416 e. The molecule has 42 heavy (non-hydrogen) atoms. The van der Waals surface area contributed by atoms with Gasteiger partial charge in [0.05, 0.1) is 12.1 Å². The zero-order valence-electron chi connectivity index (χ0n) is 22.0. The summed E-state index contributed by atoms with van der Waals surface area (Å²) in [4.78, 5) is 28.9. The van der Waals surface area contributed by atoms with Gasteiger partial charge in [-0.1, -0.05) is 48.5 Å². The minimum Gasteiger partial charge on any atom is -0.491 e. The number of fused-ring (bicyclic) bond motifs is 5. The highest BCUT2D eigenvalue weighted by atomic mass is 19.4. The fraction of sp³-hybridized carbons (Fsp3) is 0.188. The molecule has 3 heterocycles. The summed E-state index contributed by atoms with van der Waals surface area (Å²) in [6.45, 7) is 0.118. The molecular formula is C32H23F3N2O5. The third-order valence-electron chi connectivity index (χ3n) is 7.94. The van der Waals surface area contributed by atoms with Gasteiger partial charge in [0.2, 0.25) is 12.7 Å². The second kappa shape index (κ2) is 9.54. The van der Waals surface area contributed by atoms with E-state index in [1.165, 1.54) is 18.2 Å². The van der Waals surface area contributed by atoms with Crippen molar-refractivity contribution in [2.45, 2.75) is 24.7 Å². The van der Waals surface area contributed by atoms with Crippen molar-refractivity contribution < 1.29 is 37.0 Å². The fourth-order valence-electron chi connectivity index (χ4n) is 5.94. The second-order valence-electron chi connectivity index (χ2n) is 10.3. The number of hydrogen-bond acceptors (Lipinski definition) is 5. The molecule has 1 spiro atoms. The average molecular weight is 573 g/mol. The van der Waals surface area contributed by atoms with Crippen molar-refractivity contribution >= 4 is 17.5 Å². The predicted molar refractivity (Wildman–Crippen MR) is 146 cm³/mol. The number of carbonyl (C=O) groups excluding carboxylic acids is 2. The van der Waals surface area contributed by atoms with Gasteiger partial charge in [-0.25, -0.2) is 0 Å². The highest BCUT2D eigenvalue weighted by Gasteiger charge is 2.57. The minimum atomic E-state index is -4.52. The fourth-order valence-corrected chi connectivity index (χ4v) is 5.94. The maximum atomic E-state index is 14.2.